The first-order valence-corrected chi connectivity index (χ1v) is 8.57. The maximum atomic E-state index is 13.1. The first kappa shape index (κ1) is 19.3. The van der Waals surface area contributed by atoms with Crippen molar-refractivity contribution in [2.45, 2.75) is 20.3 Å². The molecule has 7 heteroatoms. The van der Waals surface area contributed by atoms with E-state index in [4.69, 9.17) is 32.7 Å². The zero-order chi connectivity index (χ0) is 18.4. The van der Waals surface area contributed by atoms with Gasteiger partial charge in [0.2, 0.25) is 0 Å². The largest absolute Gasteiger partial charge is 0.490 e. The van der Waals surface area contributed by atoms with Crippen molar-refractivity contribution in [1.29, 1.82) is 0 Å². The molecular weight excluding hydrogens is 368 g/mol. The lowest BCUT2D eigenvalue weighted by atomic mass is 10.1. The van der Waals surface area contributed by atoms with Crippen LogP contribution in [-0.2, 0) is 0 Å². The van der Waals surface area contributed by atoms with Crippen LogP contribution in [0, 0.1) is 5.82 Å². The van der Waals surface area contributed by atoms with E-state index in [0.717, 1.165) is 12.5 Å². The van der Waals surface area contributed by atoms with Crippen molar-refractivity contribution in [3.8, 4) is 11.5 Å². The van der Waals surface area contributed by atoms with E-state index in [0.29, 0.717) is 30.4 Å². The summed E-state index contributed by atoms with van der Waals surface area (Å²) < 4.78 is 24.2. The van der Waals surface area contributed by atoms with E-state index >= 15 is 0 Å². The second-order valence-electron chi connectivity index (χ2n) is 5.15. The Kier molecular flexibility index (Phi) is 6.91. The third-order valence-electron chi connectivity index (χ3n) is 3.20. The number of hydrogen-bond donors (Lipinski definition) is 1. The smallest absolute Gasteiger partial charge is 0.255 e. The highest BCUT2D eigenvalue weighted by molar-refractivity contribution is 6.34. The van der Waals surface area contributed by atoms with Gasteiger partial charge in [0.15, 0.2) is 11.5 Å². The first-order chi connectivity index (χ1) is 12.0. The minimum absolute atomic E-state index is 0.104. The van der Waals surface area contributed by atoms with Gasteiger partial charge in [-0.1, -0.05) is 30.1 Å². The van der Waals surface area contributed by atoms with E-state index in [9.17, 15) is 9.18 Å². The minimum Gasteiger partial charge on any atom is -0.490 e. The lowest BCUT2D eigenvalue weighted by molar-refractivity contribution is 0.102. The molecule has 0 aromatic heterocycles. The Morgan fingerprint density at radius 3 is 2.52 bits per heavy atom. The number of carbonyl (C=O) groups is 1. The summed E-state index contributed by atoms with van der Waals surface area (Å²) in [6.45, 7) is 4.68. The zero-order valence-electron chi connectivity index (χ0n) is 13.9. The monoisotopic (exact) mass is 385 g/mol. The van der Waals surface area contributed by atoms with Gasteiger partial charge in [0.05, 0.1) is 28.9 Å². The topological polar surface area (TPSA) is 47.6 Å². The summed E-state index contributed by atoms with van der Waals surface area (Å²) in [4.78, 5) is 12.5. The molecule has 0 spiro atoms. The van der Waals surface area contributed by atoms with Crippen molar-refractivity contribution in [3.05, 3.63) is 51.8 Å². The van der Waals surface area contributed by atoms with Crippen LogP contribution in [0.3, 0.4) is 0 Å². The molecule has 0 fully saturated rings. The molecule has 0 saturated heterocycles. The predicted molar refractivity (Wildman–Crippen MR) is 97.8 cm³/mol. The molecule has 2 aromatic carbocycles. The maximum Gasteiger partial charge on any atom is 0.255 e. The summed E-state index contributed by atoms with van der Waals surface area (Å²) >= 11 is 12.2. The zero-order valence-corrected chi connectivity index (χ0v) is 15.4. The molecule has 0 saturated carbocycles. The molecule has 25 heavy (non-hydrogen) atoms. The lowest BCUT2D eigenvalue weighted by Crippen LogP contribution is -2.13. The van der Waals surface area contributed by atoms with Crippen LogP contribution in [0.1, 0.15) is 30.6 Å². The van der Waals surface area contributed by atoms with Crippen LogP contribution >= 0.6 is 23.2 Å². The molecule has 0 unspecified atom stereocenters. The number of ether oxygens (including phenoxy) is 2. The van der Waals surface area contributed by atoms with Crippen molar-refractivity contribution in [2.24, 2.45) is 0 Å². The highest BCUT2D eigenvalue weighted by atomic mass is 35.5. The van der Waals surface area contributed by atoms with Crippen molar-refractivity contribution in [1.82, 2.24) is 0 Å². The number of hydrogen-bond acceptors (Lipinski definition) is 3. The summed E-state index contributed by atoms with van der Waals surface area (Å²) in [7, 11) is 0. The summed E-state index contributed by atoms with van der Waals surface area (Å²) in [6, 6.07) is 6.76. The quantitative estimate of drug-likeness (QED) is 0.677. The summed E-state index contributed by atoms with van der Waals surface area (Å²) in [5.41, 5.74) is 0.575. The number of carbonyl (C=O) groups excluding carboxylic acids is 1. The average molecular weight is 386 g/mol. The van der Waals surface area contributed by atoms with Gasteiger partial charge >= 0.3 is 0 Å². The van der Waals surface area contributed by atoms with Crippen molar-refractivity contribution >= 4 is 34.8 Å². The van der Waals surface area contributed by atoms with E-state index in [1.54, 1.807) is 6.07 Å². The Labute approximate surface area is 155 Å². The number of nitrogens with one attached hydrogen (secondary N) is 1. The van der Waals surface area contributed by atoms with E-state index in [1.807, 2.05) is 13.8 Å². The third kappa shape index (κ3) is 5.00. The molecular formula is C18H18Cl2FNO3. The van der Waals surface area contributed by atoms with Crippen LogP contribution in [0.2, 0.25) is 10.0 Å². The van der Waals surface area contributed by atoms with E-state index in [-0.39, 0.29) is 15.6 Å². The second kappa shape index (κ2) is 8.92. The standard InChI is InChI=1S/C18H18Cl2FNO3/c1-3-7-25-17-14(20)8-11(9-16(17)24-4-2)18(23)22-15-6-5-12(21)10-13(15)19/h5-6,8-10H,3-4,7H2,1-2H3,(H,22,23). The second-order valence-corrected chi connectivity index (χ2v) is 5.96. The number of anilines is 1. The highest BCUT2D eigenvalue weighted by Gasteiger charge is 2.17. The van der Waals surface area contributed by atoms with Crippen molar-refractivity contribution < 1.29 is 18.7 Å². The fraction of sp³-hybridized carbons (Fsp3) is 0.278. The molecule has 0 heterocycles. The molecule has 1 N–H and O–H groups in total. The average Bonchev–Trinajstić information content (AvgIpc) is 2.56. The van der Waals surface area contributed by atoms with E-state index < -0.39 is 11.7 Å². The van der Waals surface area contributed by atoms with Gasteiger partial charge in [0.25, 0.3) is 5.91 Å². The predicted octanol–water partition coefficient (Wildman–Crippen LogP) is 5.57. The summed E-state index contributed by atoms with van der Waals surface area (Å²) in [5.74, 6) is -0.138. The van der Waals surface area contributed by atoms with Crippen LogP contribution < -0.4 is 14.8 Å². The summed E-state index contributed by atoms with van der Waals surface area (Å²) in [6.07, 6.45) is 0.813. The molecule has 4 nitrogen and oxygen atoms in total. The third-order valence-corrected chi connectivity index (χ3v) is 3.79. The molecule has 2 aromatic rings. The number of halogens is 3. The van der Waals surface area contributed by atoms with Crippen LogP contribution in [0.15, 0.2) is 30.3 Å². The Hall–Kier alpha value is -1.98. The molecule has 0 bridgehead atoms. The van der Waals surface area contributed by atoms with Gasteiger partial charge < -0.3 is 14.8 Å². The van der Waals surface area contributed by atoms with E-state index in [1.165, 1.54) is 18.2 Å². The molecule has 0 aliphatic heterocycles. The van der Waals surface area contributed by atoms with Gasteiger partial charge in [-0.25, -0.2) is 4.39 Å². The maximum absolute atomic E-state index is 13.1. The molecule has 0 aliphatic rings. The van der Waals surface area contributed by atoms with Gasteiger partial charge in [-0.05, 0) is 43.7 Å². The number of amides is 1. The normalized spacial score (nSPS) is 10.4. The first-order valence-electron chi connectivity index (χ1n) is 7.81. The van der Waals surface area contributed by atoms with Crippen LogP contribution in [0.5, 0.6) is 11.5 Å². The fourth-order valence-corrected chi connectivity index (χ4v) is 2.57. The molecule has 134 valence electrons. The van der Waals surface area contributed by atoms with E-state index in [2.05, 4.69) is 5.32 Å². The Morgan fingerprint density at radius 2 is 1.88 bits per heavy atom. The Balaban J connectivity index is 2.29. The molecule has 0 aliphatic carbocycles. The van der Waals surface area contributed by atoms with Crippen LogP contribution in [-0.4, -0.2) is 19.1 Å². The van der Waals surface area contributed by atoms with Gasteiger partial charge in [-0.2, -0.15) is 0 Å². The lowest BCUT2D eigenvalue weighted by Gasteiger charge is -2.15. The molecule has 0 radical (unpaired) electrons. The SMILES string of the molecule is CCCOc1c(Cl)cc(C(=O)Nc2ccc(F)cc2Cl)cc1OCC. The van der Waals surface area contributed by atoms with Gasteiger partial charge in [0, 0.05) is 5.56 Å². The fourth-order valence-electron chi connectivity index (χ4n) is 2.09. The molecule has 0 atom stereocenters. The molecule has 1 amide bonds. The van der Waals surface area contributed by atoms with Gasteiger partial charge in [-0.3, -0.25) is 4.79 Å². The van der Waals surface area contributed by atoms with Gasteiger partial charge in [-0.15, -0.1) is 0 Å². The number of benzene rings is 2. The molecule has 2 rings (SSSR count). The van der Waals surface area contributed by atoms with Crippen LogP contribution in [0.25, 0.3) is 0 Å². The van der Waals surface area contributed by atoms with Gasteiger partial charge in [0.1, 0.15) is 5.82 Å². The number of rotatable bonds is 7. The minimum atomic E-state index is -0.484. The van der Waals surface area contributed by atoms with Crippen LogP contribution in [0.4, 0.5) is 10.1 Å². The van der Waals surface area contributed by atoms with Crippen molar-refractivity contribution in [3.63, 3.8) is 0 Å². The highest BCUT2D eigenvalue weighted by Crippen LogP contribution is 2.37. The summed E-state index contributed by atoms with van der Waals surface area (Å²) in [5, 5.41) is 3.00. The van der Waals surface area contributed by atoms with Crippen molar-refractivity contribution in [2.75, 3.05) is 18.5 Å². The Bertz CT molecular complexity index is 768. The Morgan fingerprint density at radius 1 is 1.12 bits per heavy atom.